The number of ether oxygens (including phenoxy) is 1. The van der Waals surface area contributed by atoms with Gasteiger partial charge in [0.2, 0.25) is 5.55 Å². The Morgan fingerprint density at radius 2 is 2.14 bits per heavy atom. The lowest BCUT2D eigenvalue weighted by Gasteiger charge is -2.11. The van der Waals surface area contributed by atoms with Crippen LogP contribution in [0.15, 0.2) is 56.3 Å². The minimum absolute atomic E-state index is 0.0251. The lowest BCUT2D eigenvalue weighted by Crippen LogP contribution is -2.34. The van der Waals surface area contributed by atoms with Crippen LogP contribution in [0.25, 0.3) is 11.0 Å². The van der Waals surface area contributed by atoms with Crippen LogP contribution >= 0.6 is 15.9 Å². The molecule has 1 N–H and O–H groups in total. The van der Waals surface area contributed by atoms with E-state index in [4.69, 9.17) is 9.15 Å². The van der Waals surface area contributed by atoms with Crippen LogP contribution in [-0.2, 0) is 4.74 Å². The van der Waals surface area contributed by atoms with Gasteiger partial charge in [0.1, 0.15) is 17.0 Å². The van der Waals surface area contributed by atoms with Gasteiger partial charge in [-0.25, -0.2) is 9.38 Å². The Morgan fingerprint density at radius 1 is 1.28 bits per heavy atom. The average Bonchev–Trinajstić information content (AvgIpc) is 3.22. The molecule has 1 atom stereocenters. The number of hydrogen-bond acceptors (Lipinski definition) is 4. The number of amides is 1. The van der Waals surface area contributed by atoms with Crippen LogP contribution in [0.4, 0.5) is 10.1 Å². The van der Waals surface area contributed by atoms with E-state index < -0.39 is 0 Å². The molecule has 5 nitrogen and oxygen atoms in total. The summed E-state index contributed by atoms with van der Waals surface area (Å²) in [7, 11) is 0. The molecule has 0 saturated carbocycles. The average molecular weight is 459 g/mol. The second kappa shape index (κ2) is 8.47. The van der Waals surface area contributed by atoms with Crippen LogP contribution in [0.3, 0.4) is 0 Å². The lowest BCUT2D eigenvalue weighted by atomic mass is 10.1. The third kappa shape index (κ3) is 4.57. The van der Waals surface area contributed by atoms with Crippen molar-refractivity contribution in [2.45, 2.75) is 25.9 Å². The van der Waals surface area contributed by atoms with Crippen molar-refractivity contribution in [1.29, 1.82) is 0 Å². The monoisotopic (exact) mass is 458 g/mol. The molecule has 0 bridgehead atoms. The van der Waals surface area contributed by atoms with Crippen LogP contribution in [0.2, 0.25) is 0 Å². The SMILES string of the molecule is Cc1ccc(N=c2oc3ccc(Br)cc3cc2C(=O)NCC2CCCO2)cc1F. The van der Waals surface area contributed by atoms with Gasteiger partial charge in [0.25, 0.3) is 5.91 Å². The number of nitrogens with zero attached hydrogens (tertiary/aromatic N) is 1. The summed E-state index contributed by atoms with van der Waals surface area (Å²) < 4.78 is 26.3. The van der Waals surface area contributed by atoms with Gasteiger partial charge in [-0.15, -0.1) is 0 Å². The van der Waals surface area contributed by atoms with E-state index in [-0.39, 0.29) is 28.9 Å². The number of fused-ring (bicyclic) bond motifs is 1. The molecule has 1 fully saturated rings. The van der Waals surface area contributed by atoms with Crippen LogP contribution in [0, 0.1) is 12.7 Å². The molecule has 2 heterocycles. The number of carbonyl (C=O) groups is 1. The fourth-order valence-electron chi connectivity index (χ4n) is 3.22. The molecule has 1 aliphatic heterocycles. The van der Waals surface area contributed by atoms with Gasteiger partial charge in [0, 0.05) is 23.0 Å². The molecular weight excluding hydrogens is 439 g/mol. The predicted octanol–water partition coefficient (Wildman–Crippen LogP) is 4.78. The molecule has 0 radical (unpaired) electrons. The zero-order chi connectivity index (χ0) is 20.4. The Hall–Kier alpha value is -2.51. The van der Waals surface area contributed by atoms with E-state index in [0.717, 1.165) is 29.3 Å². The number of halogens is 2. The summed E-state index contributed by atoms with van der Waals surface area (Å²) >= 11 is 3.43. The predicted molar refractivity (Wildman–Crippen MR) is 112 cm³/mol. The summed E-state index contributed by atoms with van der Waals surface area (Å²) in [5.41, 5.74) is 1.90. The quantitative estimate of drug-likeness (QED) is 0.611. The molecule has 29 heavy (non-hydrogen) atoms. The molecular formula is C22H20BrFN2O3. The highest BCUT2D eigenvalue weighted by Gasteiger charge is 2.18. The molecule has 1 aromatic heterocycles. The van der Waals surface area contributed by atoms with Crippen molar-refractivity contribution in [2.24, 2.45) is 4.99 Å². The molecule has 1 unspecified atom stereocenters. The van der Waals surface area contributed by atoms with Gasteiger partial charge in [0.15, 0.2) is 0 Å². The number of nitrogens with one attached hydrogen (secondary N) is 1. The molecule has 2 aromatic carbocycles. The van der Waals surface area contributed by atoms with Crippen LogP contribution in [0.5, 0.6) is 0 Å². The largest absolute Gasteiger partial charge is 0.438 e. The smallest absolute Gasteiger partial charge is 0.256 e. The maximum atomic E-state index is 13.9. The second-order valence-electron chi connectivity index (χ2n) is 7.04. The van der Waals surface area contributed by atoms with E-state index in [0.29, 0.717) is 23.4 Å². The summed E-state index contributed by atoms with van der Waals surface area (Å²) in [5, 5.41) is 3.66. The van der Waals surface area contributed by atoms with Gasteiger partial charge in [-0.1, -0.05) is 22.0 Å². The zero-order valence-corrected chi connectivity index (χ0v) is 17.5. The normalized spacial score (nSPS) is 17.1. The minimum Gasteiger partial charge on any atom is -0.438 e. The Balaban J connectivity index is 1.76. The zero-order valence-electron chi connectivity index (χ0n) is 15.9. The Labute approximate surface area is 175 Å². The van der Waals surface area contributed by atoms with E-state index >= 15 is 0 Å². The van der Waals surface area contributed by atoms with Crippen molar-refractivity contribution in [3.05, 3.63) is 69.4 Å². The summed E-state index contributed by atoms with van der Waals surface area (Å²) in [5.74, 6) is -0.669. The number of rotatable bonds is 4. The highest BCUT2D eigenvalue weighted by Crippen LogP contribution is 2.21. The summed E-state index contributed by atoms with van der Waals surface area (Å²) in [6.07, 6.45) is 1.95. The van der Waals surface area contributed by atoms with Crippen molar-refractivity contribution in [1.82, 2.24) is 5.32 Å². The van der Waals surface area contributed by atoms with Gasteiger partial charge in [-0.05, 0) is 61.7 Å². The van der Waals surface area contributed by atoms with Crippen molar-refractivity contribution >= 4 is 38.5 Å². The van der Waals surface area contributed by atoms with E-state index in [1.807, 2.05) is 12.1 Å². The van der Waals surface area contributed by atoms with Crippen molar-refractivity contribution in [3.8, 4) is 0 Å². The number of benzene rings is 2. The van der Waals surface area contributed by atoms with E-state index in [1.165, 1.54) is 6.07 Å². The molecule has 7 heteroatoms. The van der Waals surface area contributed by atoms with Gasteiger partial charge in [0.05, 0.1) is 11.8 Å². The first-order valence-electron chi connectivity index (χ1n) is 9.44. The Kier molecular flexibility index (Phi) is 5.78. The first kappa shape index (κ1) is 19.8. The summed E-state index contributed by atoms with van der Waals surface area (Å²) in [6, 6.07) is 11.9. The molecule has 150 valence electrons. The Bertz CT molecular complexity index is 1140. The minimum atomic E-state index is -0.361. The molecule has 4 rings (SSSR count). The van der Waals surface area contributed by atoms with Crippen molar-refractivity contribution in [2.75, 3.05) is 13.2 Å². The number of hydrogen-bond donors (Lipinski definition) is 1. The first-order valence-corrected chi connectivity index (χ1v) is 10.2. The fraction of sp³-hybridized carbons (Fsp3) is 0.273. The fourth-order valence-corrected chi connectivity index (χ4v) is 3.60. The highest BCUT2D eigenvalue weighted by atomic mass is 79.9. The molecule has 3 aromatic rings. The van der Waals surface area contributed by atoms with Crippen LogP contribution in [0.1, 0.15) is 28.8 Å². The van der Waals surface area contributed by atoms with Crippen molar-refractivity contribution in [3.63, 3.8) is 0 Å². The standard InChI is InChI=1S/C22H20BrFN2O3/c1-13-4-6-16(11-19(13)24)26-22-18(21(27)25-12-17-3-2-8-28-17)10-14-9-15(23)5-7-20(14)29-22/h4-7,9-11,17H,2-3,8,12H2,1H3,(H,25,27). The van der Waals surface area contributed by atoms with Gasteiger partial charge in [-0.3, -0.25) is 4.79 Å². The number of aryl methyl sites for hydroxylation is 1. The third-order valence-corrected chi connectivity index (χ3v) is 5.35. The maximum absolute atomic E-state index is 13.9. The summed E-state index contributed by atoms with van der Waals surface area (Å²) in [6.45, 7) is 2.83. The topological polar surface area (TPSA) is 63.8 Å². The second-order valence-corrected chi connectivity index (χ2v) is 7.95. The van der Waals surface area contributed by atoms with Crippen LogP contribution < -0.4 is 10.9 Å². The van der Waals surface area contributed by atoms with E-state index in [1.54, 1.807) is 31.2 Å². The van der Waals surface area contributed by atoms with E-state index in [9.17, 15) is 9.18 Å². The summed E-state index contributed by atoms with van der Waals surface area (Å²) in [4.78, 5) is 17.3. The highest BCUT2D eigenvalue weighted by molar-refractivity contribution is 9.10. The molecule has 1 amide bonds. The molecule has 1 aliphatic rings. The third-order valence-electron chi connectivity index (χ3n) is 4.85. The lowest BCUT2D eigenvalue weighted by molar-refractivity contribution is 0.0854. The molecule has 1 saturated heterocycles. The van der Waals surface area contributed by atoms with E-state index in [2.05, 4.69) is 26.2 Å². The maximum Gasteiger partial charge on any atom is 0.256 e. The van der Waals surface area contributed by atoms with Gasteiger partial charge >= 0.3 is 0 Å². The molecule has 0 aliphatic carbocycles. The van der Waals surface area contributed by atoms with Crippen molar-refractivity contribution < 1.29 is 18.3 Å². The molecule has 0 spiro atoms. The Morgan fingerprint density at radius 3 is 2.90 bits per heavy atom. The first-order chi connectivity index (χ1) is 14.0. The van der Waals surface area contributed by atoms with Gasteiger partial charge < -0.3 is 14.5 Å². The van der Waals surface area contributed by atoms with Gasteiger partial charge in [-0.2, -0.15) is 0 Å². The number of carbonyl (C=O) groups excluding carboxylic acids is 1. The van der Waals surface area contributed by atoms with Crippen LogP contribution in [-0.4, -0.2) is 25.2 Å².